The molecule has 2 N–H and O–H groups in total. The summed E-state index contributed by atoms with van der Waals surface area (Å²) in [6, 6.07) is 1.84. The molecular weight excluding hydrogens is 256 g/mol. The van der Waals surface area contributed by atoms with Gasteiger partial charge in [0.2, 0.25) is 0 Å². The van der Waals surface area contributed by atoms with Gasteiger partial charge in [0.25, 0.3) is 5.91 Å². The molecule has 0 unspecified atom stereocenters. The van der Waals surface area contributed by atoms with Crippen LogP contribution in [0.4, 0.5) is 5.82 Å². The average molecular weight is 270 g/mol. The van der Waals surface area contributed by atoms with E-state index in [2.05, 4.69) is 32.5 Å². The van der Waals surface area contributed by atoms with Gasteiger partial charge in [-0.25, -0.2) is 4.52 Å². The van der Waals surface area contributed by atoms with Crippen molar-refractivity contribution in [3.8, 4) is 0 Å². The third kappa shape index (κ3) is 2.25. The van der Waals surface area contributed by atoms with E-state index in [1.807, 2.05) is 6.07 Å². The summed E-state index contributed by atoms with van der Waals surface area (Å²) < 4.78 is 1.61. The zero-order valence-electron chi connectivity index (χ0n) is 11.0. The van der Waals surface area contributed by atoms with E-state index in [-0.39, 0.29) is 5.91 Å². The highest BCUT2D eigenvalue weighted by atomic mass is 16.1. The predicted octanol–water partition coefficient (Wildman–Crippen LogP) is 1.66. The fourth-order valence-electron chi connectivity index (χ4n) is 2.02. The number of nitrogens with one attached hydrogen (secondary N) is 2. The molecule has 3 aromatic heterocycles. The molecule has 20 heavy (non-hydrogen) atoms. The monoisotopic (exact) mass is 270 g/mol. The van der Waals surface area contributed by atoms with Gasteiger partial charge in [0.15, 0.2) is 5.82 Å². The van der Waals surface area contributed by atoms with Crippen molar-refractivity contribution >= 4 is 17.2 Å². The first kappa shape index (κ1) is 12.3. The molecule has 0 radical (unpaired) electrons. The highest BCUT2D eigenvalue weighted by Gasteiger charge is 2.14. The number of anilines is 1. The molecular formula is C13H14N6O. The molecule has 3 aromatic rings. The second-order valence-electron chi connectivity index (χ2n) is 4.45. The molecule has 7 nitrogen and oxygen atoms in total. The lowest BCUT2D eigenvalue weighted by Crippen LogP contribution is -2.11. The number of hydrogen-bond acceptors (Lipinski definition) is 4. The molecule has 0 aliphatic rings. The van der Waals surface area contributed by atoms with Gasteiger partial charge < -0.3 is 5.32 Å². The van der Waals surface area contributed by atoms with E-state index in [4.69, 9.17) is 0 Å². The summed E-state index contributed by atoms with van der Waals surface area (Å²) in [6.45, 7) is 2.09. The molecule has 0 aliphatic heterocycles. The Hall–Kier alpha value is -2.70. The quantitative estimate of drug-likeness (QED) is 0.754. The Bertz CT molecular complexity index is 744. The van der Waals surface area contributed by atoms with Crippen LogP contribution < -0.4 is 5.32 Å². The van der Waals surface area contributed by atoms with Crippen LogP contribution in [-0.4, -0.2) is 30.7 Å². The van der Waals surface area contributed by atoms with Gasteiger partial charge in [0, 0.05) is 24.2 Å². The van der Waals surface area contributed by atoms with Gasteiger partial charge in [0.05, 0.1) is 23.5 Å². The lowest BCUT2D eigenvalue weighted by molar-refractivity contribution is 0.102. The molecule has 0 saturated heterocycles. The van der Waals surface area contributed by atoms with Crippen LogP contribution in [0.25, 0.3) is 5.52 Å². The predicted molar refractivity (Wildman–Crippen MR) is 73.5 cm³/mol. The maximum Gasteiger partial charge on any atom is 0.260 e. The molecule has 0 spiro atoms. The van der Waals surface area contributed by atoms with Crippen LogP contribution in [0.15, 0.2) is 30.9 Å². The number of hydrogen-bond donors (Lipinski definition) is 2. The van der Waals surface area contributed by atoms with E-state index >= 15 is 0 Å². The standard InChI is InChI=1S/C13H14N6O/c1-2-3-9-6-12(18-17-9)16-13(20)10-7-15-19-5-4-14-8-11(10)19/h4-8H,2-3H2,1H3,(H2,16,17,18,20). The number of fused-ring (bicyclic) bond motifs is 1. The minimum atomic E-state index is -0.248. The summed E-state index contributed by atoms with van der Waals surface area (Å²) in [4.78, 5) is 16.2. The zero-order chi connectivity index (χ0) is 13.9. The average Bonchev–Trinajstić information content (AvgIpc) is 3.06. The number of aromatic nitrogens is 5. The summed E-state index contributed by atoms with van der Waals surface area (Å²) in [6.07, 6.45) is 8.37. The van der Waals surface area contributed by atoms with Crippen LogP contribution in [0.3, 0.4) is 0 Å². The van der Waals surface area contributed by atoms with Crippen LogP contribution in [-0.2, 0) is 6.42 Å². The molecule has 0 saturated carbocycles. The molecule has 102 valence electrons. The lowest BCUT2D eigenvalue weighted by Gasteiger charge is -1.99. The number of amides is 1. The number of aromatic amines is 1. The van der Waals surface area contributed by atoms with E-state index in [0.717, 1.165) is 18.5 Å². The van der Waals surface area contributed by atoms with Crippen LogP contribution >= 0.6 is 0 Å². The van der Waals surface area contributed by atoms with E-state index in [1.54, 1.807) is 23.1 Å². The summed E-state index contributed by atoms with van der Waals surface area (Å²) >= 11 is 0. The fourth-order valence-corrected chi connectivity index (χ4v) is 2.02. The minimum absolute atomic E-state index is 0.248. The van der Waals surface area contributed by atoms with Gasteiger partial charge in [-0.15, -0.1) is 0 Å². The summed E-state index contributed by atoms with van der Waals surface area (Å²) in [5.41, 5.74) is 2.14. The summed E-state index contributed by atoms with van der Waals surface area (Å²) in [5.74, 6) is 0.268. The SMILES string of the molecule is CCCc1cc(NC(=O)c2cnn3ccncc23)n[nH]1. The number of nitrogens with zero attached hydrogens (tertiary/aromatic N) is 4. The third-order valence-electron chi connectivity index (χ3n) is 2.96. The molecule has 7 heteroatoms. The second kappa shape index (κ2) is 5.12. The molecule has 0 aliphatic carbocycles. The first-order valence-electron chi connectivity index (χ1n) is 6.41. The van der Waals surface area contributed by atoms with Crippen LogP contribution in [0.1, 0.15) is 29.4 Å². The zero-order valence-corrected chi connectivity index (χ0v) is 11.0. The van der Waals surface area contributed by atoms with Crippen molar-refractivity contribution in [2.75, 3.05) is 5.32 Å². The summed E-state index contributed by atoms with van der Waals surface area (Å²) in [7, 11) is 0. The van der Waals surface area contributed by atoms with Crippen LogP contribution in [0.5, 0.6) is 0 Å². The Morgan fingerprint density at radius 3 is 3.20 bits per heavy atom. The molecule has 3 rings (SSSR count). The molecule has 0 fully saturated rings. The number of H-pyrrole nitrogens is 1. The topological polar surface area (TPSA) is 88.0 Å². The molecule has 0 atom stereocenters. The Kier molecular flexibility index (Phi) is 3.16. The van der Waals surface area contributed by atoms with E-state index in [0.29, 0.717) is 16.9 Å². The van der Waals surface area contributed by atoms with Crippen molar-refractivity contribution in [2.45, 2.75) is 19.8 Å². The van der Waals surface area contributed by atoms with E-state index in [1.165, 1.54) is 6.20 Å². The second-order valence-corrected chi connectivity index (χ2v) is 4.45. The Morgan fingerprint density at radius 1 is 1.45 bits per heavy atom. The number of aryl methyl sites for hydroxylation is 1. The van der Waals surface area contributed by atoms with Gasteiger partial charge in [-0.3, -0.25) is 14.9 Å². The van der Waals surface area contributed by atoms with E-state index in [9.17, 15) is 4.79 Å². The van der Waals surface area contributed by atoms with Crippen molar-refractivity contribution in [1.29, 1.82) is 0 Å². The number of carbonyl (C=O) groups excluding carboxylic acids is 1. The molecule has 0 aromatic carbocycles. The largest absolute Gasteiger partial charge is 0.305 e. The first-order valence-corrected chi connectivity index (χ1v) is 6.41. The molecule has 3 heterocycles. The van der Waals surface area contributed by atoms with Crippen molar-refractivity contribution in [3.05, 3.63) is 42.1 Å². The van der Waals surface area contributed by atoms with Gasteiger partial charge in [0.1, 0.15) is 0 Å². The Balaban J connectivity index is 1.81. The highest BCUT2D eigenvalue weighted by molar-refractivity contribution is 6.08. The van der Waals surface area contributed by atoms with Gasteiger partial charge in [-0.05, 0) is 6.42 Å². The number of carbonyl (C=O) groups is 1. The maximum absolute atomic E-state index is 12.2. The Labute approximate surface area is 115 Å². The van der Waals surface area contributed by atoms with Crippen LogP contribution in [0, 0.1) is 0 Å². The normalized spacial score (nSPS) is 10.8. The van der Waals surface area contributed by atoms with Crippen molar-refractivity contribution < 1.29 is 4.79 Å². The van der Waals surface area contributed by atoms with Gasteiger partial charge >= 0.3 is 0 Å². The van der Waals surface area contributed by atoms with Crippen molar-refractivity contribution in [2.24, 2.45) is 0 Å². The summed E-state index contributed by atoms with van der Waals surface area (Å²) in [5, 5.41) is 13.8. The van der Waals surface area contributed by atoms with E-state index < -0.39 is 0 Å². The highest BCUT2D eigenvalue weighted by Crippen LogP contribution is 2.12. The lowest BCUT2D eigenvalue weighted by atomic mass is 10.2. The minimum Gasteiger partial charge on any atom is -0.305 e. The van der Waals surface area contributed by atoms with Crippen molar-refractivity contribution in [1.82, 2.24) is 24.8 Å². The molecule has 1 amide bonds. The van der Waals surface area contributed by atoms with Gasteiger partial charge in [-0.2, -0.15) is 10.2 Å². The van der Waals surface area contributed by atoms with Gasteiger partial charge in [-0.1, -0.05) is 13.3 Å². The third-order valence-corrected chi connectivity index (χ3v) is 2.96. The number of rotatable bonds is 4. The van der Waals surface area contributed by atoms with Crippen LogP contribution in [0.2, 0.25) is 0 Å². The first-order chi connectivity index (χ1) is 9.78. The van der Waals surface area contributed by atoms with Crippen molar-refractivity contribution in [3.63, 3.8) is 0 Å². The molecule has 0 bridgehead atoms. The smallest absolute Gasteiger partial charge is 0.260 e. The maximum atomic E-state index is 12.2. The fraction of sp³-hybridized carbons (Fsp3) is 0.231. The Morgan fingerprint density at radius 2 is 2.35 bits per heavy atom.